The van der Waals surface area contributed by atoms with Gasteiger partial charge in [0.05, 0.1) is 13.2 Å². The fourth-order valence-corrected chi connectivity index (χ4v) is 1.40. The van der Waals surface area contributed by atoms with E-state index in [0.717, 1.165) is 16.9 Å². The number of benzene rings is 1. The summed E-state index contributed by atoms with van der Waals surface area (Å²) in [4.78, 5) is 4.34. The van der Waals surface area contributed by atoms with Gasteiger partial charge in [0, 0.05) is 11.8 Å². The first-order valence-corrected chi connectivity index (χ1v) is 5.11. The topological polar surface area (TPSA) is 41.8 Å². The molecule has 0 atom stereocenters. The first kappa shape index (κ1) is 10.0. The lowest BCUT2D eigenvalue weighted by Crippen LogP contribution is -1.91. The van der Waals surface area contributed by atoms with Crippen LogP contribution >= 0.6 is 0 Å². The number of nitrogens with zero attached hydrogens (tertiary/aromatic N) is 1. The first-order valence-electron chi connectivity index (χ1n) is 5.11. The van der Waals surface area contributed by atoms with E-state index in [0.29, 0.717) is 11.8 Å². The zero-order valence-corrected chi connectivity index (χ0v) is 9.03. The SMILES string of the molecule is COc1cc(C)c(O)c(C=NC2CC2)c1. The molecule has 15 heavy (non-hydrogen) atoms. The molecule has 0 unspecified atom stereocenters. The minimum atomic E-state index is 0.292. The summed E-state index contributed by atoms with van der Waals surface area (Å²) in [5, 5.41) is 9.80. The predicted octanol–water partition coefficient (Wildman–Crippen LogP) is 2.29. The van der Waals surface area contributed by atoms with Crippen LogP contribution in [0.1, 0.15) is 24.0 Å². The summed E-state index contributed by atoms with van der Waals surface area (Å²) < 4.78 is 5.14. The zero-order chi connectivity index (χ0) is 10.8. The molecule has 2 rings (SSSR count). The minimum Gasteiger partial charge on any atom is -0.507 e. The number of phenolic OH excluding ortho intramolecular Hbond substituents is 1. The number of hydrogen-bond donors (Lipinski definition) is 1. The van der Waals surface area contributed by atoms with Gasteiger partial charge in [-0.2, -0.15) is 0 Å². The van der Waals surface area contributed by atoms with Crippen LogP contribution in [0.4, 0.5) is 0 Å². The fraction of sp³-hybridized carbons (Fsp3) is 0.417. The molecule has 1 aliphatic carbocycles. The maximum Gasteiger partial charge on any atom is 0.127 e. The summed E-state index contributed by atoms with van der Waals surface area (Å²) in [6.07, 6.45) is 4.07. The molecule has 1 aromatic carbocycles. The van der Waals surface area contributed by atoms with Crippen LogP contribution < -0.4 is 4.74 Å². The predicted molar refractivity (Wildman–Crippen MR) is 60.0 cm³/mol. The van der Waals surface area contributed by atoms with Crippen molar-refractivity contribution in [2.75, 3.05) is 7.11 Å². The largest absolute Gasteiger partial charge is 0.507 e. The van der Waals surface area contributed by atoms with E-state index >= 15 is 0 Å². The molecule has 0 bridgehead atoms. The number of ether oxygens (including phenoxy) is 1. The Kier molecular flexibility index (Phi) is 2.62. The maximum absolute atomic E-state index is 9.80. The van der Waals surface area contributed by atoms with Gasteiger partial charge in [-0.3, -0.25) is 4.99 Å². The van der Waals surface area contributed by atoms with E-state index in [4.69, 9.17) is 4.74 Å². The van der Waals surface area contributed by atoms with Gasteiger partial charge in [-0.05, 0) is 37.5 Å². The number of hydrogen-bond acceptors (Lipinski definition) is 3. The zero-order valence-electron chi connectivity index (χ0n) is 9.03. The van der Waals surface area contributed by atoms with Gasteiger partial charge in [0.1, 0.15) is 11.5 Å². The van der Waals surface area contributed by atoms with Crippen molar-refractivity contribution in [2.45, 2.75) is 25.8 Å². The molecule has 1 fully saturated rings. The van der Waals surface area contributed by atoms with Gasteiger partial charge in [0.25, 0.3) is 0 Å². The van der Waals surface area contributed by atoms with E-state index in [1.165, 1.54) is 12.8 Å². The molecule has 0 radical (unpaired) electrons. The van der Waals surface area contributed by atoms with E-state index in [-0.39, 0.29) is 0 Å². The van der Waals surface area contributed by atoms with Crippen molar-refractivity contribution in [2.24, 2.45) is 4.99 Å². The molecule has 1 N–H and O–H groups in total. The molecular formula is C12H15NO2. The molecule has 80 valence electrons. The molecule has 0 aromatic heterocycles. The molecule has 1 aliphatic rings. The van der Waals surface area contributed by atoms with Crippen LogP contribution in [0, 0.1) is 6.92 Å². The van der Waals surface area contributed by atoms with Gasteiger partial charge in [0.15, 0.2) is 0 Å². The Morgan fingerprint density at radius 2 is 2.20 bits per heavy atom. The van der Waals surface area contributed by atoms with Crippen LogP contribution in [-0.4, -0.2) is 24.5 Å². The van der Waals surface area contributed by atoms with Crippen molar-refractivity contribution in [3.8, 4) is 11.5 Å². The van der Waals surface area contributed by atoms with Crippen molar-refractivity contribution >= 4 is 6.21 Å². The molecular weight excluding hydrogens is 190 g/mol. The molecule has 3 heteroatoms. The first-order chi connectivity index (χ1) is 7.20. The quantitative estimate of drug-likeness (QED) is 0.769. The highest BCUT2D eigenvalue weighted by atomic mass is 16.5. The summed E-state index contributed by atoms with van der Waals surface area (Å²) >= 11 is 0. The van der Waals surface area contributed by atoms with Crippen LogP contribution in [0.2, 0.25) is 0 Å². The monoisotopic (exact) mass is 205 g/mol. The van der Waals surface area contributed by atoms with Crippen LogP contribution in [0.25, 0.3) is 0 Å². The number of methoxy groups -OCH3 is 1. The standard InChI is InChI=1S/C12H15NO2/c1-8-5-11(15-2)6-9(12(8)14)7-13-10-3-4-10/h5-7,10,14H,3-4H2,1-2H3. The average Bonchev–Trinajstić information content (AvgIpc) is 3.03. The van der Waals surface area contributed by atoms with Gasteiger partial charge in [0.2, 0.25) is 0 Å². The summed E-state index contributed by atoms with van der Waals surface area (Å²) in [6.45, 7) is 1.85. The van der Waals surface area contributed by atoms with Crippen LogP contribution in [0.3, 0.4) is 0 Å². The van der Waals surface area contributed by atoms with E-state index in [9.17, 15) is 5.11 Å². The second kappa shape index (κ2) is 3.93. The number of aliphatic imine (C=N–C) groups is 1. The molecule has 0 heterocycles. The Bertz CT molecular complexity index is 395. The molecule has 1 aromatic rings. The normalized spacial score (nSPS) is 15.9. The lowest BCUT2D eigenvalue weighted by atomic mass is 10.1. The number of phenols is 1. The van der Waals surface area contributed by atoms with Gasteiger partial charge in [-0.1, -0.05) is 0 Å². The van der Waals surface area contributed by atoms with Crippen LogP contribution in [-0.2, 0) is 0 Å². The van der Waals surface area contributed by atoms with Gasteiger partial charge in [-0.25, -0.2) is 0 Å². The highest BCUT2D eigenvalue weighted by Gasteiger charge is 2.19. The molecule has 0 aliphatic heterocycles. The van der Waals surface area contributed by atoms with Crippen molar-refractivity contribution in [1.29, 1.82) is 0 Å². The third kappa shape index (κ3) is 2.29. The Balaban J connectivity index is 2.30. The Hall–Kier alpha value is -1.51. The van der Waals surface area contributed by atoms with Crippen molar-refractivity contribution < 1.29 is 9.84 Å². The highest BCUT2D eigenvalue weighted by Crippen LogP contribution is 2.28. The number of aryl methyl sites for hydroxylation is 1. The molecule has 0 amide bonds. The Labute approximate surface area is 89.4 Å². The fourth-order valence-electron chi connectivity index (χ4n) is 1.40. The lowest BCUT2D eigenvalue weighted by Gasteiger charge is -2.06. The maximum atomic E-state index is 9.80. The van der Waals surface area contributed by atoms with Crippen LogP contribution in [0.5, 0.6) is 11.5 Å². The van der Waals surface area contributed by atoms with Gasteiger partial charge in [-0.15, -0.1) is 0 Å². The van der Waals surface area contributed by atoms with Crippen molar-refractivity contribution in [3.63, 3.8) is 0 Å². The Morgan fingerprint density at radius 3 is 2.80 bits per heavy atom. The second-order valence-electron chi connectivity index (χ2n) is 3.89. The Morgan fingerprint density at radius 1 is 1.47 bits per heavy atom. The summed E-state index contributed by atoms with van der Waals surface area (Å²) in [7, 11) is 1.62. The summed E-state index contributed by atoms with van der Waals surface area (Å²) in [5.74, 6) is 1.04. The minimum absolute atomic E-state index is 0.292. The third-order valence-electron chi connectivity index (χ3n) is 2.51. The van der Waals surface area contributed by atoms with E-state index in [1.54, 1.807) is 19.4 Å². The summed E-state index contributed by atoms with van der Waals surface area (Å²) in [5.41, 5.74) is 1.55. The molecule has 3 nitrogen and oxygen atoms in total. The lowest BCUT2D eigenvalue weighted by molar-refractivity contribution is 0.411. The van der Waals surface area contributed by atoms with Crippen molar-refractivity contribution in [3.05, 3.63) is 23.3 Å². The number of rotatable bonds is 3. The van der Waals surface area contributed by atoms with Crippen molar-refractivity contribution in [1.82, 2.24) is 0 Å². The molecule has 0 spiro atoms. The smallest absolute Gasteiger partial charge is 0.127 e. The third-order valence-corrected chi connectivity index (χ3v) is 2.51. The molecule has 1 saturated carbocycles. The van der Waals surface area contributed by atoms with E-state index in [1.807, 2.05) is 13.0 Å². The highest BCUT2D eigenvalue weighted by molar-refractivity contribution is 5.85. The average molecular weight is 205 g/mol. The van der Waals surface area contributed by atoms with Crippen LogP contribution in [0.15, 0.2) is 17.1 Å². The van der Waals surface area contributed by atoms with Gasteiger partial charge >= 0.3 is 0 Å². The van der Waals surface area contributed by atoms with Gasteiger partial charge < -0.3 is 9.84 Å². The molecule has 0 saturated heterocycles. The summed E-state index contributed by atoms with van der Waals surface area (Å²) in [6, 6.07) is 4.08. The van der Waals surface area contributed by atoms with E-state index < -0.39 is 0 Å². The second-order valence-corrected chi connectivity index (χ2v) is 3.89. The number of aromatic hydroxyl groups is 1. The van der Waals surface area contributed by atoms with E-state index in [2.05, 4.69) is 4.99 Å².